The summed E-state index contributed by atoms with van der Waals surface area (Å²) in [5, 5.41) is 13.8. The molecule has 1 aromatic rings. The van der Waals surface area contributed by atoms with Gasteiger partial charge in [0, 0.05) is 6.42 Å². The van der Waals surface area contributed by atoms with Crippen LogP contribution in [0.25, 0.3) is 0 Å². The molecular formula is C14H18N2O5. The third-order valence-electron chi connectivity index (χ3n) is 2.79. The lowest BCUT2D eigenvalue weighted by Gasteiger charge is -2.17. The van der Waals surface area contributed by atoms with Gasteiger partial charge in [-0.1, -0.05) is 30.3 Å². The number of esters is 1. The molecule has 21 heavy (non-hydrogen) atoms. The highest BCUT2D eigenvalue weighted by atomic mass is 16.5. The van der Waals surface area contributed by atoms with Gasteiger partial charge in [0.2, 0.25) is 0 Å². The Balaban J connectivity index is 2.60. The van der Waals surface area contributed by atoms with Crippen molar-refractivity contribution < 1.29 is 24.2 Å². The van der Waals surface area contributed by atoms with Crippen molar-refractivity contribution in [3.63, 3.8) is 0 Å². The van der Waals surface area contributed by atoms with Gasteiger partial charge < -0.3 is 20.5 Å². The summed E-state index contributed by atoms with van der Waals surface area (Å²) < 4.78 is 4.46. The van der Waals surface area contributed by atoms with Crippen molar-refractivity contribution in [1.82, 2.24) is 10.6 Å². The smallest absolute Gasteiger partial charge is 0.328 e. The predicted molar refractivity (Wildman–Crippen MR) is 74.7 cm³/mol. The van der Waals surface area contributed by atoms with Crippen LogP contribution >= 0.6 is 0 Å². The lowest BCUT2D eigenvalue weighted by atomic mass is 10.1. The number of hydrogen-bond acceptors (Lipinski definition) is 4. The minimum absolute atomic E-state index is 0.149. The van der Waals surface area contributed by atoms with Crippen molar-refractivity contribution in [3.05, 3.63) is 35.9 Å². The number of hydrogen-bond donors (Lipinski definition) is 3. The van der Waals surface area contributed by atoms with Crippen LogP contribution in [0.15, 0.2) is 30.3 Å². The number of ether oxygens (including phenoxy) is 1. The van der Waals surface area contributed by atoms with Gasteiger partial charge in [-0.25, -0.2) is 14.4 Å². The van der Waals surface area contributed by atoms with Gasteiger partial charge >= 0.3 is 18.0 Å². The number of aliphatic carboxylic acids is 1. The Morgan fingerprint density at radius 1 is 1.19 bits per heavy atom. The van der Waals surface area contributed by atoms with Crippen molar-refractivity contribution in [2.45, 2.75) is 25.4 Å². The number of nitrogens with one attached hydrogen (secondary N) is 2. The maximum Gasteiger partial charge on any atom is 0.328 e. The fourth-order valence-electron chi connectivity index (χ4n) is 1.68. The van der Waals surface area contributed by atoms with E-state index < -0.39 is 30.1 Å². The molecule has 0 aliphatic carbocycles. The summed E-state index contributed by atoms with van der Waals surface area (Å²) in [6.45, 7) is 1.44. The van der Waals surface area contributed by atoms with Crippen LogP contribution in [-0.2, 0) is 20.7 Å². The normalized spacial score (nSPS) is 12.9. The number of methoxy groups -OCH3 is 1. The average molecular weight is 294 g/mol. The van der Waals surface area contributed by atoms with Crippen LogP contribution in [0.4, 0.5) is 4.79 Å². The molecule has 0 radical (unpaired) electrons. The summed E-state index contributed by atoms with van der Waals surface area (Å²) in [6, 6.07) is 6.24. The van der Waals surface area contributed by atoms with Crippen molar-refractivity contribution in [2.75, 3.05) is 7.11 Å². The first-order valence-corrected chi connectivity index (χ1v) is 6.35. The van der Waals surface area contributed by atoms with Crippen LogP contribution in [0.3, 0.4) is 0 Å². The highest BCUT2D eigenvalue weighted by Crippen LogP contribution is 2.03. The van der Waals surface area contributed by atoms with Crippen molar-refractivity contribution in [3.8, 4) is 0 Å². The zero-order chi connectivity index (χ0) is 15.8. The number of urea groups is 1. The standard InChI is InChI=1S/C14H18N2O5/c1-9(13(19)21-2)15-14(20)16-11(12(17)18)8-10-6-4-3-5-7-10/h3-7,9,11H,8H2,1-2H3,(H,17,18)(H2,15,16,20)/t9?,11-/m0/s1. The Bertz CT molecular complexity index is 503. The SMILES string of the molecule is COC(=O)C(C)NC(=O)N[C@@H](Cc1ccccc1)C(=O)O. The third kappa shape index (κ3) is 5.52. The second-order valence-electron chi connectivity index (χ2n) is 4.44. The number of carbonyl (C=O) groups excluding carboxylic acids is 2. The molecule has 0 aromatic heterocycles. The van der Waals surface area contributed by atoms with Crippen LogP contribution in [0.5, 0.6) is 0 Å². The average Bonchev–Trinajstić information content (AvgIpc) is 2.46. The lowest BCUT2D eigenvalue weighted by Crippen LogP contribution is -2.51. The second kappa shape index (κ2) is 7.88. The molecule has 0 saturated heterocycles. The number of amides is 2. The molecule has 1 unspecified atom stereocenters. The monoisotopic (exact) mass is 294 g/mol. The van der Waals surface area contributed by atoms with Gasteiger partial charge in [0.15, 0.2) is 0 Å². The molecule has 2 amide bonds. The van der Waals surface area contributed by atoms with Crippen LogP contribution in [0, 0.1) is 0 Å². The molecule has 0 heterocycles. The summed E-state index contributed by atoms with van der Waals surface area (Å²) in [4.78, 5) is 34.0. The predicted octanol–water partition coefficient (Wildman–Crippen LogP) is 0.543. The van der Waals surface area contributed by atoms with Gasteiger partial charge in [-0.3, -0.25) is 0 Å². The Labute approximate surface area is 122 Å². The summed E-state index contributed by atoms with van der Waals surface area (Å²) >= 11 is 0. The van der Waals surface area contributed by atoms with E-state index in [1.165, 1.54) is 14.0 Å². The largest absolute Gasteiger partial charge is 0.480 e. The third-order valence-corrected chi connectivity index (χ3v) is 2.79. The van der Waals surface area contributed by atoms with E-state index in [9.17, 15) is 14.4 Å². The molecule has 0 saturated carbocycles. The minimum atomic E-state index is -1.15. The molecular weight excluding hydrogens is 276 g/mol. The van der Waals surface area contributed by atoms with Crippen LogP contribution in [0.2, 0.25) is 0 Å². The summed E-state index contributed by atoms with van der Waals surface area (Å²) in [6.07, 6.45) is 0.149. The molecule has 114 valence electrons. The van der Waals surface area contributed by atoms with E-state index >= 15 is 0 Å². The van der Waals surface area contributed by atoms with Crippen molar-refractivity contribution in [2.24, 2.45) is 0 Å². The van der Waals surface area contributed by atoms with Crippen LogP contribution < -0.4 is 10.6 Å². The van der Waals surface area contributed by atoms with E-state index in [2.05, 4.69) is 15.4 Å². The van der Waals surface area contributed by atoms with E-state index in [1.54, 1.807) is 24.3 Å². The Morgan fingerprint density at radius 2 is 1.81 bits per heavy atom. The van der Waals surface area contributed by atoms with Gasteiger partial charge in [0.25, 0.3) is 0 Å². The number of carbonyl (C=O) groups is 3. The summed E-state index contributed by atoms with van der Waals surface area (Å²) in [5.41, 5.74) is 0.784. The molecule has 7 nitrogen and oxygen atoms in total. The van der Waals surface area contributed by atoms with Gasteiger partial charge in [0.1, 0.15) is 12.1 Å². The molecule has 1 rings (SSSR count). The Hall–Kier alpha value is -2.57. The van der Waals surface area contributed by atoms with E-state index in [0.717, 1.165) is 5.56 Å². The molecule has 0 bridgehead atoms. The molecule has 0 aliphatic heterocycles. The molecule has 0 spiro atoms. The number of carboxylic acid groups (broad SMARTS) is 1. The Kier molecular flexibility index (Phi) is 6.19. The van der Waals surface area contributed by atoms with E-state index in [-0.39, 0.29) is 6.42 Å². The zero-order valence-corrected chi connectivity index (χ0v) is 11.8. The maximum absolute atomic E-state index is 11.7. The summed E-state index contributed by atoms with van der Waals surface area (Å²) in [7, 11) is 1.20. The Morgan fingerprint density at radius 3 is 2.33 bits per heavy atom. The van der Waals surface area contributed by atoms with Crippen molar-refractivity contribution >= 4 is 18.0 Å². The molecule has 0 aliphatic rings. The van der Waals surface area contributed by atoms with Crippen molar-refractivity contribution in [1.29, 1.82) is 0 Å². The molecule has 1 aromatic carbocycles. The highest BCUT2D eigenvalue weighted by molar-refractivity contribution is 5.86. The van der Waals surface area contributed by atoms with E-state index in [4.69, 9.17) is 5.11 Å². The number of rotatable bonds is 6. The maximum atomic E-state index is 11.7. The number of benzene rings is 1. The molecule has 0 fully saturated rings. The zero-order valence-electron chi connectivity index (χ0n) is 11.8. The van der Waals surface area contributed by atoms with Gasteiger partial charge in [-0.05, 0) is 12.5 Å². The first-order chi connectivity index (χ1) is 9.93. The fourth-order valence-corrected chi connectivity index (χ4v) is 1.68. The summed E-state index contributed by atoms with van der Waals surface area (Å²) in [5.74, 6) is -1.76. The van der Waals surface area contributed by atoms with Crippen LogP contribution in [0.1, 0.15) is 12.5 Å². The van der Waals surface area contributed by atoms with Gasteiger partial charge in [-0.2, -0.15) is 0 Å². The van der Waals surface area contributed by atoms with E-state index in [1.807, 2.05) is 6.07 Å². The first kappa shape index (κ1) is 16.5. The fraction of sp³-hybridized carbons (Fsp3) is 0.357. The minimum Gasteiger partial charge on any atom is -0.480 e. The van der Waals surface area contributed by atoms with Gasteiger partial charge in [0.05, 0.1) is 7.11 Å². The highest BCUT2D eigenvalue weighted by Gasteiger charge is 2.22. The van der Waals surface area contributed by atoms with Gasteiger partial charge in [-0.15, -0.1) is 0 Å². The molecule has 2 atom stereocenters. The second-order valence-corrected chi connectivity index (χ2v) is 4.44. The first-order valence-electron chi connectivity index (χ1n) is 6.35. The topological polar surface area (TPSA) is 105 Å². The molecule has 3 N–H and O–H groups in total. The molecule has 7 heteroatoms. The van der Waals surface area contributed by atoms with Crippen LogP contribution in [-0.4, -0.2) is 42.3 Å². The quantitative estimate of drug-likeness (QED) is 0.664. The lowest BCUT2D eigenvalue weighted by molar-refractivity contribution is -0.142. The van der Waals surface area contributed by atoms with E-state index in [0.29, 0.717) is 0 Å². The number of carboxylic acids is 1.